The second-order valence-corrected chi connectivity index (χ2v) is 1.36. The normalized spacial score (nSPS) is 9.33. The minimum Gasteiger partial charge on any atom is -0.480 e. The maximum Gasteiger partial charge on any atom is 0.327 e. The summed E-state index contributed by atoms with van der Waals surface area (Å²) >= 11 is 0. The Hall–Kier alpha value is -1.46. The predicted molar refractivity (Wildman–Crippen MR) is 25.5 cm³/mol. The van der Waals surface area contributed by atoms with Gasteiger partial charge in [0.2, 0.25) is 0 Å². The highest BCUT2D eigenvalue weighted by Crippen LogP contribution is 1.72. The lowest BCUT2D eigenvalue weighted by Crippen LogP contribution is -2.11. The van der Waals surface area contributed by atoms with Crippen molar-refractivity contribution in [2.45, 2.75) is 6.54 Å². The van der Waals surface area contributed by atoms with E-state index in [0.717, 1.165) is 4.80 Å². The van der Waals surface area contributed by atoms with Crippen molar-refractivity contribution in [2.75, 3.05) is 0 Å². The van der Waals surface area contributed by atoms with Gasteiger partial charge in [-0.15, -0.1) is 10.2 Å². The largest absolute Gasteiger partial charge is 0.480 e. The average Bonchev–Trinajstić information content (AvgIpc) is 2.15. The first-order chi connectivity index (χ1) is 4.29. The van der Waals surface area contributed by atoms with Crippen LogP contribution in [0.5, 0.6) is 0 Å². The number of aliphatic carboxylic acids is 1. The van der Waals surface area contributed by atoms with Gasteiger partial charge in [0.15, 0.2) is 12.9 Å². The van der Waals surface area contributed by atoms with Gasteiger partial charge in [-0.3, -0.25) is 4.79 Å². The molecule has 1 aromatic heterocycles. The number of tetrazole rings is 1. The van der Waals surface area contributed by atoms with E-state index in [4.69, 9.17) is 5.11 Å². The lowest BCUT2D eigenvalue weighted by atomic mass is 10.7. The summed E-state index contributed by atoms with van der Waals surface area (Å²) in [7, 11) is 0. The first kappa shape index (κ1) is 5.67. The molecule has 48 valence electrons. The van der Waals surface area contributed by atoms with Crippen molar-refractivity contribution in [1.29, 1.82) is 0 Å². The van der Waals surface area contributed by atoms with Crippen LogP contribution in [0.15, 0.2) is 6.33 Å². The van der Waals surface area contributed by atoms with Crippen LogP contribution in [-0.4, -0.2) is 31.3 Å². The van der Waals surface area contributed by atoms with E-state index < -0.39 is 5.97 Å². The third-order valence-electron chi connectivity index (χ3n) is 0.668. The third kappa shape index (κ3) is 1.48. The number of carbonyl (C=O) groups is 1. The number of carboxylic acids is 1. The molecule has 0 aromatic carbocycles. The molecule has 6 nitrogen and oxygen atoms in total. The van der Waals surface area contributed by atoms with Crippen molar-refractivity contribution in [3.05, 3.63) is 6.33 Å². The standard InChI is InChI=1S/C3H4N4O2/c8-3(9)1-7-5-2-4-6-7/h2H,1H2,(H,8,9). The fourth-order valence-electron chi connectivity index (χ4n) is 0.382. The van der Waals surface area contributed by atoms with Crippen LogP contribution in [0.25, 0.3) is 0 Å². The zero-order valence-electron chi connectivity index (χ0n) is 4.43. The monoisotopic (exact) mass is 128 g/mol. The molecule has 1 aromatic rings. The minimum atomic E-state index is -0.979. The molecule has 0 aliphatic heterocycles. The molecule has 0 aliphatic carbocycles. The molecule has 0 bridgehead atoms. The van der Waals surface area contributed by atoms with Crippen LogP contribution >= 0.6 is 0 Å². The first-order valence-corrected chi connectivity index (χ1v) is 2.21. The van der Waals surface area contributed by atoms with Crippen LogP contribution in [0.3, 0.4) is 0 Å². The van der Waals surface area contributed by atoms with Gasteiger partial charge in [-0.1, -0.05) is 0 Å². The molecule has 0 amide bonds. The Morgan fingerprint density at radius 1 is 1.78 bits per heavy atom. The van der Waals surface area contributed by atoms with Crippen molar-refractivity contribution >= 4 is 5.97 Å². The van der Waals surface area contributed by atoms with Gasteiger partial charge in [0.25, 0.3) is 0 Å². The molecule has 0 aliphatic rings. The van der Waals surface area contributed by atoms with E-state index in [1.54, 1.807) is 0 Å². The summed E-state index contributed by atoms with van der Waals surface area (Å²) in [5, 5.41) is 18.3. The number of hydrogen-bond donors (Lipinski definition) is 1. The van der Waals surface area contributed by atoms with Crippen LogP contribution in [0.4, 0.5) is 0 Å². The Morgan fingerprint density at radius 3 is 3.00 bits per heavy atom. The quantitative estimate of drug-likeness (QED) is 0.538. The lowest BCUT2D eigenvalue weighted by molar-refractivity contribution is -0.138. The minimum absolute atomic E-state index is 0.236. The van der Waals surface area contributed by atoms with Crippen LogP contribution in [0, 0.1) is 0 Å². The number of rotatable bonds is 2. The molecule has 0 spiro atoms. The van der Waals surface area contributed by atoms with Gasteiger partial charge < -0.3 is 5.11 Å². The summed E-state index contributed by atoms with van der Waals surface area (Å²) < 4.78 is 0. The van der Waals surface area contributed by atoms with E-state index in [9.17, 15) is 4.79 Å². The molecule has 0 saturated carbocycles. The summed E-state index contributed by atoms with van der Waals surface area (Å²) in [4.78, 5) is 10.9. The fraction of sp³-hybridized carbons (Fsp3) is 0.333. The molecule has 0 radical (unpaired) electrons. The van der Waals surface area contributed by atoms with Crippen LogP contribution in [0.2, 0.25) is 0 Å². The number of hydrogen-bond acceptors (Lipinski definition) is 4. The molecule has 0 atom stereocenters. The Bertz CT molecular complexity index is 194. The molecular formula is C3H4N4O2. The van der Waals surface area contributed by atoms with E-state index in [2.05, 4.69) is 15.4 Å². The second-order valence-electron chi connectivity index (χ2n) is 1.36. The van der Waals surface area contributed by atoms with Crippen LogP contribution in [0.1, 0.15) is 0 Å². The van der Waals surface area contributed by atoms with Crippen molar-refractivity contribution in [1.82, 2.24) is 20.2 Å². The summed E-state index contributed by atoms with van der Waals surface area (Å²) in [5.41, 5.74) is 0. The topological polar surface area (TPSA) is 80.9 Å². The van der Waals surface area contributed by atoms with Gasteiger partial charge in [-0.2, -0.15) is 4.80 Å². The average molecular weight is 128 g/mol. The lowest BCUT2D eigenvalue weighted by Gasteiger charge is -1.87. The van der Waals surface area contributed by atoms with E-state index in [1.807, 2.05) is 0 Å². The molecule has 9 heavy (non-hydrogen) atoms. The fourth-order valence-corrected chi connectivity index (χ4v) is 0.382. The smallest absolute Gasteiger partial charge is 0.327 e. The number of carboxylic acid groups (broad SMARTS) is 1. The molecule has 0 unspecified atom stereocenters. The Balaban J connectivity index is 2.58. The molecule has 1 N–H and O–H groups in total. The summed E-state index contributed by atoms with van der Waals surface area (Å²) in [6.07, 6.45) is 1.18. The summed E-state index contributed by atoms with van der Waals surface area (Å²) in [5.74, 6) is -0.979. The highest BCUT2D eigenvalue weighted by Gasteiger charge is 1.97. The number of aromatic nitrogens is 4. The van der Waals surface area contributed by atoms with E-state index in [0.29, 0.717) is 0 Å². The van der Waals surface area contributed by atoms with Crippen LogP contribution in [-0.2, 0) is 11.3 Å². The first-order valence-electron chi connectivity index (χ1n) is 2.21. The van der Waals surface area contributed by atoms with Crippen molar-refractivity contribution in [3.63, 3.8) is 0 Å². The SMILES string of the molecule is O=C(O)Cn1ncnn1. The van der Waals surface area contributed by atoms with Gasteiger partial charge >= 0.3 is 5.97 Å². The highest BCUT2D eigenvalue weighted by molar-refractivity contribution is 5.66. The maximum absolute atomic E-state index is 9.94. The van der Waals surface area contributed by atoms with Gasteiger partial charge in [-0.05, 0) is 5.21 Å². The van der Waals surface area contributed by atoms with Gasteiger partial charge in [0, 0.05) is 0 Å². The Kier molecular flexibility index (Phi) is 1.39. The summed E-state index contributed by atoms with van der Waals surface area (Å²) in [6.45, 7) is -0.236. The molecule has 0 saturated heterocycles. The van der Waals surface area contributed by atoms with E-state index in [1.165, 1.54) is 6.33 Å². The number of nitrogens with zero attached hydrogens (tertiary/aromatic N) is 4. The molecule has 1 rings (SSSR count). The highest BCUT2D eigenvalue weighted by atomic mass is 16.4. The van der Waals surface area contributed by atoms with Crippen molar-refractivity contribution in [3.8, 4) is 0 Å². The van der Waals surface area contributed by atoms with Crippen molar-refractivity contribution in [2.24, 2.45) is 0 Å². The zero-order valence-corrected chi connectivity index (χ0v) is 4.43. The maximum atomic E-state index is 9.94. The molecule has 0 fully saturated rings. The van der Waals surface area contributed by atoms with E-state index >= 15 is 0 Å². The summed E-state index contributed by atoms with van der Waals surface area (Å²) in [6, 6.07) is 0. The molecule has 1 heterocycles. The molecular weight excluding hydrogens is 124 g/mol. The van der Waals surface area contributed by atoms with Gasteiger partial charge in [-0.25, -0.2) is 0 Å². The van der Waals surface area contributed by atoms with Gasteiger partial charge in [0.1, 0.15) is 0 Å². The van der Waals surface area contributed by atoms with Crippen molar-refractivity contribution < 1.29 is 9.90 Å². The molecule has 6 heteroatoms. The zero-order chi connectivity index (χ0) is 6.69. The van der Waals surface area contributed by atoms with E-state index in [-0.39, 0.29) is 6.54 Å². The third-order valence-corrected chi connectivity index (χ3v) is 0.668. The predicted octanol–water partition coefficient (Wildman–Crippen LogP) is -1.24. The van der Waals surface area contributed by atoms with Gasteiger partial charge in [0.05, 0.1) is 0 Å². The van der Waals surface area contributed by atoms with Crippen LogP contribution < -0.4 is 0 Å². The second kappa shape index (κ2) is 2.21. The Labute approximate surface area is 50.1 Å². The Morgan fingerprint density at radius 2 is 2.56 bits per heavy atom.